The molecule has 0 saturated heterocycles. The van der Waals surface area contributed by atoms with Gasteiger partial charge in [0, 0.05) is 0 Å². The number of benzene rings is 1. The Hall–Kier alpha value is -1.05. The Labute approximate surface area is 85.9 Å². The summed E-state index contributed by atoms with van der Waals surface area (Å²) in [6, 6.07) is 2.14. The van der Waals surface area contributed by atoms with Crippen molar-refractivity contribution in [2.45, 2.75) is 11.8 Å². The zero-order chi connectivity index (χ0) is 11.5. The molecule has 0 amide bonds. The fourth-order valence-electron chi connectivity index (χ4n) is 0.865. The third-order valence-corrected chi connectivity index (χ3v) is 2.72. The van der Waals surface area contributed by atoms with Crippen LogP contribution in [0.25, 0.3) is 0 Å². The van der Waals surface area contributed by atoms with E-state index in [1.807, 2.05) is 0 Å². The maximum atomic E-state index is 13.1. The van der Waals surface area contributed by atoms with E-state index in [0.29, 0.717) is 6.07 Å². The summed E-state index contributed by atoms with van der Waals surface area (Å²) >= 11 is 0. The molecule has 0 unspecified atom stereocenters. The second kappa shape index (κ2) is 4.65. The number of rotatable bonds is 4. The van der Waals surface area contributed by atoms with Crippen molar-refractivity contribution in [1.29, 1.82) is 0 Å². The Bertz CT molecular complexity index is 447. The molecule has 15 heavy (non-hydrogen) atoms. The first-order valence-corrected chi connectivity index (χ1v) is 5.54. The Morgan fingerprint density at radius 3 is 2.67 bits per heavy atom. The van der Waals surface area contributed by atoms with Gasteiger partial charge in [-0.15, -0.1) is 0 Å². The molecule has 4 nitrogen and oxygen atoms in total. The van der Waals surface area contributed by atoms with E-state index in [1.165, 1.54) is 0 Å². The highest BCUT2D eigenvalue weighted by Gasteiger charge is 2.19. The van der Waals surface area contributed by atoms with E-state index in [4.69, 9.17) is 0 Å². The average molecular weight is 237 g/mol. The maximum Gasteiger partial charge on any atom is 0.265 e. The van der Waals surface area contributed by atoms with E-state index in [2.05, 4.69) is 4.84 Å². The lowest BCUT2D eigenvalue weighted by Crippen LogP contribution is -2.25. The van der Waals surface area contributed by atoms with Crippen molar-refractivity contribution >= 4 is 10.0 Å². The van der Waals surface area contributed by atoms with Crippen LogP contribution in [0.5, 0.6) is 0 Å². The van der Waals surface area contributed by atoms with Crippen molar-refractivity contribution < 1.29 is 22.0 Å². The van der Waals surface area contributed by atoms with Gasteiger partial charge in [0.05, 0.1) is 6.61 Å². The first-order chi connectivity index (χ1) is 6.97. The average Bonchev–Trinajstić information content (AvgIpc) is 2.18. The van der Waals surface area contributed by atoms with Crippen LogP contribution >= 0.6 is 0 Å². The first kappa shape index (κ1) is 12.0. The van der Waals surface area contributed by atoms with Crippen LogP contribution in [0.2, 0.25) is 0 Å². The zero-order valence-corrected chi connectivity index (χ0v) is 8.64. The Kier molecular flexibility index (Phi) is 3.72. The van der Waals surface area contributed by atoms with Gasteiger partial charge < -0.3 is 0 Å². The van der Waals surface area contributed by atoms with Gasteiger partial charge in [-0.1, -0.05) is 4.89 Å². The maximum absolute atomic E-state index is 13.1. The van der Waals surface area contributed by atoms with Crippen molar-refractivity contribution in [3.63, 3.8) is 0 Å². The summed E-state index contributed by atoms with van der Waals surface area (Å²) in [4.78, 5) is 5.30. The smallest absolute Gasteiger partial charge is 0.265 e. The van der Waals surface area contributed by atoms with Crippen LogP contribution in [0, 0.1) is 11.6 Å². The van der Waals surface area contributed by atoms with Crippen LogP contribution < -0.4 is 4.89 Å². The molecule has 0 atom stereocenters. The highest BCUT2D eigenvalue weighted by atomic mass is 32.2. The van der Waals surface area contributed by atoms with Gasteiger partial charge in [0.25, 0.3) is 10.0 Å². The lowest BCUT2D eigenvalue weighted by atomic mass is 10.3. The molecule has 0 saturated carbocycles. The Morgan fingerprint density at radius 2 is 2.07 bits per heavy atom. The van der Waals surface area contributed by atoms with Gasteiger partial charge in [0.15, 0.2) is 0 Å². The molecule has 1 N–H and O–H groups in total. The third kappa shape index (κ3) is 2.95. The number of nitrogens with one attached hydrogen (secondary N) is 1. The van der Waals surface area contributed by atoms with Gasteiger partial charge in [-0.25, -0.2) is 17.2 Å². The van der Waals surface area contributed by atoms with Gasteiger partial charge in [-0.05, 0) is 25.1 Å². The molecule has 1 rings (SSSR count). The minimum atomic E-state index is -4.16. The summed E-state index contributed by atoms with van der Waals surface area (Å²) in [5, 5.41) is 0. The third-order valence-electron chi connectivity index (χ3n) is 1.50. The van der Waals surface area contributed by atoms with Crippen LogP contribution in [0.3, 0.4) is 0 Å². The van der Waals surface area contributed by atoms with E-state index in [0.717, 1.165) is 12.1 Å². The lowest BCUT2D eigenvalue weighted by Gasteiger charge is -2.06. The highest BCUT2D eigenvalue weighted by molar-refractivity contribution is 7.89. The summed E-state index contributed by atoms with van der Waals surface area (Å²) < 4.78 is 48.4. The Balaban J connectivity index is 3.09. The normalized spacial score (nSPS) is 11.7. The minimum Gasteiger partial charge on any atom is -0.287 e. The van der Waals surface area contributed by atoms with Crippen molar-refractivity contribution in [3.8, 4) is 0 Å². The largest absolute Gasteiger partial charge is 0.287 e. The SMILES string of the molecule is CCONS(=O)(=O)c1cc(F)ccc1F. The summed E-state index contributed by atoms with van der Waals surface area (Å²) in [5.74, 6) is -1.88. The van der Waals surface area contributed by atoms with Crippen molar-refractivity contribution in [2.24, 2.45) is 0 Å². The summed E-state index contributed by atoms with van der Waals surface area (Å²) in [6.45, 7) is 1.63. The zero-order valence-electron chi connectivity index (χ0n) is 7.83. The predicted octanol–water partition coefficient (Wildman–Crippen LogP) is 1.19. The molecular formula is C8H9F2NO3S. The van der Waals surface area contributed by atoms with Crippen molar-refractivity contribution in [2.75, 3.05) is 6.61 Å². The molecule has 0 radical (unpaired) electrons. The van der Waals surface area contributed by atoms with Crippen LogP contribution in [0.15, 0.2) is 23.1 Å². The van der Waals surface area contributed by atoms with E-state index >= 15 is 0 Å². The van der Waals surface area contributed by atoms with Crippen molar-refractivity contribution in [1.82, 2.24) is 4.89 Å². The molecule has 1 aromatic carbocycles. The van der Waals surface area contributed by atoms with E-state index in [1.54, 1.807) is 11.8 Å². The van der Waals surface area contributed by atoms with Gasteiger partial charge in [-0.3, -0.25) is 4.84 Å². The standard InChI is InChI=1S/C8H9F2NO3S/c1-2-14-11-15(12,13)8-5-6(9)3-4-7(8)10/h3-5,11H,2H2,1H3. The molecule has 0 fully saturated rings. The summed E-state index contributed by atoms with van der Waals surface area (Å²) in [7, 11) is -4.16. The van der Waals surface area contributed by atoms with Crippen molar-refractivity contribution in [3.05, 3.63) is 29.8 Å². The van der Waals surface area contributed by atoms with E-state index in [9.17, 15) is 17.2 Å². The Morgan fingerprint density at radius 1 is 1.40 bits per heavy atom. The molecule has 0 aromatic heterocycles. The number of hydrogen-bond acceptors (Lipinski definition) is 3. The fraction of sp³-hybridized carbons (Fsp3) is 0.250. The molecule has 0 bridgehead atoms. The second-order valence-electron chi connectivity index (χ2n) is 2.59. The molecule has 7 heteroatoms. The van der Waals surface area contributed by atoms with Gasteiger partial charge in [0.1, 0.15) is 16.5 Å². The molecule has 0 aliphatic rings. The summed E-state index contributed by atoms with van der Waals surface area (Å²) in [5.41, 5.74) is 0. The molecule has 0 spiro atoms. The highest BCUT2D eigenvalue weighted by Crippen LogP contribution is 2.15. The monoisotopic (exact) mass is 237 g/mol. The van der Waals surface area contributed by atoms with Crippen LogP contribution in [-0.4, -0.2) is 15.0 Å². The molecule has 0 aliphatic carbocycles. The quantitative estimate of drug-likeness (QED) is 0.800. The van der Waals surface area contributed by atoms with E-state index in [-0.39, 0.29) is 6.61 Å². The first-order valence-electron chi connectivity index (χ1n) is 4.06. The van der Waals surface area contributed by atoms with Gasteiger partial charge in [-0.2, -0.15) is 0 Å². The molecule has 1 aromatic rings. The molecule has 0 heterocycles. The van der Waals surface area contributed by atoms with Crippen LogP contribution in [0.1, 0.15) is 6.92 Å². The minimum absolute atomic E-state index is 0.0795. The number of hydrogen-bond donors (Lipinski definition) is 1. The van der Waals surface area contributed by atoms with Gasteiger partial charge >= 0.3 is 0 Å². The topological polar surface area (TPSA) is 55.4 Å². The number of sulfonamides is 1. The fourth-order valence-corrected chi connectivity index (χ4v) is 1.82. The second-order valence-corrected chi connectivity index (χ2v) is 4.21. The summed E-state index contributed by atoms with van der Waals surface area (Å²) in [6.07, 6.45) is 0. The van der Waals surface area contributed by atoms with E-state index < -0.39 is 26.6 Å². The molecular weight excluding hydrogens is 228 g/mol. The molecule has 0 aliphatic heterocycles. The number of halogens is 2. The predicted molar refractivity (Wildman–Crippen MR) is 48.3 cm³/mol. The van der Waals surface area contributed by atoms with Crippen LogP contribution in [0.4, 0.5) is 8.78 Å². The molecule has 84 valence electrons. The lowest BCUT2D eigenvalue weighted by molar-refractivity contribution is 0.105. The van der Waals surface area contributed by atoms with Crippen LogP contribution in [-0.2, 0) is 14.9 Å². The van der Waals surface area contributed by atoms with Gasteiger partial charge in [0.2, 0.25) is 0 Å².